The van der Waals surface area contributed by atoms with Gasteiger partial charge in [-0.05, 0) is 35.2 Å². The summed E-state index contributed by atoms with van der Waals surface area (Å²) >= 11 is 0. The van der Waals surface area contributed by atoms with Crippen molar-refractivity contribution in [1.29, 1.82) is 0 Å². The van der Waals surface area contributed by atoms with Crippen LogP contribution in [0.25, 0.3) is 22.5 Å². The normalized spacial score (nSPS) is 10.8. The first-order chi connectivity index (χ1) is 14.8. The molecule has 8 heteroatoms. The summed E-state index contributed by atoms with van der Waals surface area (Å²) in [6, 6.07) is 16.8. The molecule has 0 fully saturated rings. The minimum absolute atomic E-state index is 0.419. The summed E-state index contributed by atoms with van der Waals surface area (Å²) in [4.78, 5) is 4.50. The number of ether oxygens (including phenoxy) is 1. The van der Waals surface area contributed by atoms with Crippen molar-refractivity contribution in [3.63, 3.8) is 0 Å². The van der Waals surface area contributed by atoms with Crippen molar-refractivity contribution in [1.82, 2.24) is 35.4 Å². The Balaban J connectivity index is 1.58. The number of tetrazole rings is 1. The third-order valence-electron chi connectivity index (χ3n) is 4.69. The zero-order chi connectivity index (χ0) is 20.8. The Bertz CT molecular complexity index is 1100. The second-order valence-electron chi connectivity index (χ2n) is 6.71. The molecule has 0 amide bonds. The van der Waals surface area contributed by atoms with Crippen LogP contribution < -0.4 is 4.74 Å². The van der Waals surface area contributed by atoms with Crippen LogP contribution in [0.3, 0.4) is 0 Å². The van der Waals surface area contributed by atoms with Gasteiger partial charge in [-0.2, -0.15) is 10.2 Å². The van der Waals surface area contributed by atoms with E-state index in [0.29, 0.717) is 25.0 Å². The number of hydrogen-bond donors (Lipinski definition) is 1. The standard InChI is InChI=1S/C22H23N7O/c1-3-5-10-20-23-22(30-4-2)26-29(20)15-16-11-13-17(14-12-16)18-8-6-7-9-19(18)21-24-27-28-25-21/h3,6-9,11-14H,1,4-5,10,15H2,2H3,(H,24,25,27,28). The minimum atomic E-state index is 0.419. The topological polar surface area (TPSA) is 94.4 Å². The number of H-pyrrole nitrogens is 1. The van der Waals surface area contributed by atoms with E-state index >= 15 is 0 Å². The van der Waals surface area contributed by atoms with Gasteiger partial charge >= 0.3 is 6.01 Å². The molecule has 2 aromatic carbocycles. The highest BCUT2D eigenvalue weighted by Gasteiger charge is 2.13. The van der Waals surface area contributed by atoms with Gasteiger partial charge in [-0.15, -0.1) is 21.9 Å². The highest BCUT2D eigenvalue weighted by Crippen LogP contribution is 2.29. The Morgan fingerprint density at radius 1 is 1.10 bits per heavy atom. The zero-order valence-corrected chi connectivity index (χ0v) is 16.8. The quantitative estimate of drug-likeness (QED) is 0.430. The molecule has 0 aliphatic heterocycles. The molecule has 1 N–H and O–H groups in total. The molecule has 0 saturated heterocycles. The van der Waals surface area contributed by atoms with Gasteiger partial charge < -0.3 is 4.74 Å². The first-order valence-corrected chi connectivity index (χ1v) is 9.88. The third-order valence-corrected chi connectivity index (χ3v) is 4.69. The van der Waals surface area contributed by atoms with Gasteiger partial charge in [-0.25, -0.2) is 4.68 Å². The molecule has 0 unspecified atom stereocenters. The van der Waals surface area contributed by atoms with Crippen molar-refractivity contribution in [3.05, 3.63) is 72.6 Å². The number of nitrogens with one attached hydrogen (secondary N) is 1. The summed E-state index contributed by atoms with van der Waals surface area (Å²) in [6.07, 6.45) is 3.51. The second-order valence-corrected chi connectivity index (χ2v) is 6.71. The molecule has 0 aliphatic rings. The maximum absolute atomic E-state index is 5.48. The molecule has 0 aliphatic carbocycles. The van der Waals surface area contributed by atoms with Crippen LogP contribution in [0.5, 0.6) is 6.01 Å². The zero-order valence-electron chi connectivity index (χ0n) is 16.8. The Kier molecular flexibility index (Phi) is 5.93. The van der Waals surface area contributed by atoms with E-state index < -0.39 is 0 Å². The molecule has 0 atom stereocenters. The highest BCUT2D eigenvalue weighted by atomic mass is 16.5. The van der Waals surface area contributed by atoms with Gasteiger partial charge in [0.1, 0.15) is 5.82 Å². The van der Waals surface area contributed by atoms with Crippen molar-refractivity contribution in [2.45, 2.75) is 26.3 Å². The van der Waals surface area contributed by atoms with Crippen molar-refractivity contribution in [2.75, 3.05) is 6.61 Å². The maximum Gasteiger partial charge on any atom is 0.335 e. The van der Waals surface area contributed by atoms with Gasteiger partial charge in [0, 0.05) is 12.0 Å². The lowest BCUT2D eigenvalue weighted by molar-refractivity contribution is 0.311. The van der Waals surface area contributed by atoms with Crippen LogP contribution >= 0.6 is 0 Å². The molecule has 0 spiro atoms. The van der Waals surface area contributed by atoms with E-state index in [9.17, 15) is 0 Å². The molecule has 0 radical (unpaired) electrons. The molecule has 4 aromatic rings. The molecule has 4 rings (SSSR count). The van der Waals surface area contributed by atoms with E-state index in [1.807, 2.05) is 35.9 Å². The van der Waals surface area contributed by atoms with Crippen molar-refractivity contribution in [2.24, 2.45) is 0 Å². The molecule has 2 heterocycles. The predicted molar refractivity (Wildman–Crippen MR) is 114 cm³/mol. The van der Waals surface area contributed by atoms with E-state index in [2.05, 4.69) is 67.6 Å². The number of nitrogens with zero attached hydrogens (tertiary/aromatic N) is 6. The molecule has 0 saturated carbocycles. The highest BCUT2D eigenvalue weighted by molar-refractivity contribution is 5.80. The molecule has 2 aromatic heterocycles. The van der Waals surface area contributed by atoms with E-state index in [-0.39, 0.29) is 0 Å². The van der Waals surface area contributed by atoms with E-state index in [1.165, 1.54) is 0 Å². The number of benzene rings is 2. The van der Waals surface area contributed by atoms with Crippen LogP contribution in [0.15, 0.2) is 61.2 Å². The van der Waals surface area contributed by atoms with Gasteiger partial charge in [0.15, 0.2) is 0 Å². The molecular formula is C22H23N7O. The number of rotatable bonds is 9. The lowest BCUT2D eigenvalue weighted by atomic mass is 9.98. The maximum atomic E-state index is 5.48. The Morgan fingerprint density at radius 2 is 1.90 bits per heavy atom. The lowest BCUT2D eigenvalue weighted by Gasteiger charge is -2.09. The Labute approximate surface area is 174 Å². The van der Waals surface area contributed by atoms with Crippen LogP contribution in [-0.2, 0) is 13.0 Å². The van der Waals surface area contributed by atoms with Crippen LogP contribution in [0.1, 0.15) is 24.7 Å². The number of aryl methyl sites for hydroxylation is 1. The van der Waals surface area contributed by atoms with Crippen LogP contribution in [-0.4, -0.2) is 42.0 Å². The molecular weight excluding hydrogens is 378 g/mol. The first-order valence-electron chi connectivity index (χ1n) is 9.88. The summed E-state index contributed by atoms with van der Waals surface area (Å²) in [5.41, 5.74) is 4.20. The first kappa shape index (κ1) is 19.5. The largest absolute Gasteiger partial charge is 0.463 e. The summed E-state index contributed by atoms with van der Waals surface area (Å²) in [7, 11) is 0. The van der Waals surface area contributed by atoms with Gasteiger partial charge in [0.2, 0.25) is 5.82 Å². The Morgan fingerprint density at radius 3 is 2.60 bits per heavy atom. The summed E-state index contributed by atoms with van der Waals surface area (Å²) in [5, 5.41) is 18.9. The number of aromatic amines is 1. The number of hydrogen-bond acceptors (Lipinski definition) is 6. The average molecular weight is 401 g/mol. The predicted octanol–water partition coefficient (Wildman–Crippen LogP) is 3.69. The van der Waals surface area contributed by atoms with Gasteiger partial charge in [-0.1, -0.05) is 54.6 Å². The van der Waals surface area contributed by atoms with Crippen LogP contribution in [0, 0.1) is 0 Å². The van der Waals surface area contributed by atoms with Crippen molar-refractivity contribution in [3.8, 4) is 28.5 Å². The van der Waals surface area contributed by atoms with Crippen molar-refractivity contribution < 1.29 is 4.74 Å². The van der Waals surface area contributed by atoms with Gasteiger partial charge in [0.05, 0.1) is 13.2 Å². The average Bonchev–Trinajstić information content (AvgIpc) is 3.44. The molecule has 30 heavy (non-hydrogen) atoms. The van der Waals surface area contributed by atoms with Crippen LogP contribution in [0.2, 0.25) is 0 Å². The fraction of sp³-hybridized carbons (Fsp3) is 0.227. The minimum Gasteiger partial charge on any atom is -0.463 e. The molecule has 8 nitrogen and oxygen atoms in total. The second kappa shape index (κ2) is 9.13. The fourth-order valence-corrected chi connectivity index (χ4v) is 3.25. The third kappa shape index (κ3) is 4.27. The number of allylic oxidation sites excluding steroid dienone is 1. The van der Waals surface area contributed by atoms with Gasteiger partial charge in [-0.3, -0.25) is 0 Å². The monoisotopic (exact) mass is 401 g/mol. The lowest BCUT2D eigenvalue weighted by Crippen LogP contribution is -2.07. The number of aromatic nitrogens is 7. The smallest absolute Gasteiger partial charge is 0.335 e. The summed E-state index contributed by atoms with van der Waals surface area (Å²) < 4.78 is 7.38. The fourth-order valence-electron chi connectivity index (χ4n) is 3.25. The van der Waals surface area contributed by atoms with E-state index in [0.717, 1.165) is 40.9 Å². The molecule has 0 bridgehead atoms. The van der Waals surface area contributed by atoms with Crippen molar-refractivity contribution >= 4 is 0 Å². The Hall–Kier alpha value is -3.81. The van der Waals surface area contributed by atoms with Gasteiger partial charge in [0.25, 0.3) is 0 Å². The van der Waals surface area contributed by atoms with E-state index in [4.69, 9.17) is 4.74 Å². The van der Waals surface area contributed by atoms with E-state index in [1.54, 1.807) is 0 Å². The SMILES string of the molecule is C=CCCc1nc(OCC)nn1Cc1ccc(-c2ccccc2-c2nn[nH]n2)cc1. The summed E-state index contributed by atoms with van der Waals surface area (Å²) in [5.74, 6) is 1.47. The summed E-state index contributed by atoms with van der Waals surface area (Å²) in [6.45, 7) is 6.88. The molecule has 152 valence electrons. The van der Waals surface area contributed by atoms with Crippen LogP contribution in [0.4, 0.5) is 0 Å².